The maximum Gasteiger partial charge on any atom is 0.491 e. The molecule has 1 N–H and O–H groups in total. The van der Waals surface area contributed by atoms with E-state index in [9.17, 15) is 36.3 Å². The number of ether oxygens (including phenoxy) is 1. The molecule has 8 nitrogen and oxygen atoms in total. The summed E-state index contributed by atoms with van der Waals surface area (Å²) >= 11 is 0. The lowest BCUT2D eigenvalue weighted by molar-refractivity contribution is -0.193. The maximum absolute atomic E-state index is 13.3. The number of aromatic nitrogens is 4. The van der Waals surface area contributed by atoms with Crippen LogP contribution in [-0.2, 0) is 9.53 Å². The van der Waals surface area contributed by atoms with E-state index >= 15 is 0 Å². The first kappa shape index (κ1) is 18.2. The Morgan fingerprint density at radius 1 is 1.15 bits per heavy atom. The Morgan fingerprint density at radius 3 is 2.48 bits per heavy atom. The van der Waals surface area contributed by atoms with Gasteiger partial charge in [-0.05, 0) is 6.07 Å². The zero-order valence-corrected chi connectivity index (χ0v) is 12.7. The predicted molar refractivity (Wildman–Crippen MR) is 75.9 cm³/mol. The Labute approximate surface area is 144 Å². The lowest BCUT2D eigenvalue weighted by atomic mass is 10.2. The average molecular weight is 388 g/mol. The van der Waals surface area contributed by atoms with E-state index in [0.717, 1.165) is 17.1 Å². The molecule has 0 unspecified atom stereocenters. The Hall–Kier alpha value is -3.64. The van der Waals surface area contributed by atoms with Crippen molar-refractivity contribution in [1.29, 1.82) is 0 Å². The van der Waals surface area contributed by atoms with Crippen LogP contribution in [0.3, 0.4) is 0 Å². The number of hydrogen-bond acceptors (Lipinski definition) is 6. The number of nitrogens with zero attached hydrogens (tertiary/aromatic N) is 3. The van der Waals surface area contributed by atoms with Crippen molar-refractivity contribution in [2.45, 2.75) is 6.18 Å². The largest absolute Gasteiger partial charge is 0.491 e. The molecular formula is C14H5F5N4O4. The monoisotopic (exact) mass is 388 g/mol. The van der Waals surface area contributed by atoms with Crippen molar-refractivity contribution < 1.29 is 36.3 Å². The highest BCUT2D eigenvalue weighted by atomic mass is 19.4. The van der Waals surface area contributed by atoms with E-state index in [4.69, 9.17) is 0 Å². The summed E-state index contributed by atoms with van der Waals surface area (Å²) in [5.41, 5.74) is -1.65. The predicted octanol–water partition coefficient (Wildman–Crippen LogP) is 1.63. The van der Waals surface area contributed by atoms with Gasteiger partial charge >= 0.3 is 18.1 Å². The molecule has 2 heterocycles. The molecule has 0 amide bonds. The van der Waals surface area contributed by atoms with Crippen LogP contribution in [0.4, 0.5) is 22.0 Å². The van der Waals surface area contributed by atoms with Crippen LogP contribution in [0.5, 0.6) is 0 Å². The van der Waals surface area contributed by atoms with Crippen molar-refractivity contribution in [2.75, 3.05) is 0 Å². The van der Waals surface area contributed by atoms with Crippen LogP contribution in [-0.4, -0.2) is 37.9 Å². The Kier molecular flexibility index (Phi) is 4.21. The van der Waals surface area contributed by atoms with Crippen molar-refractivity contribution in [1.82, 2.24) is 19.7 Å². The summed E-state index contributed by atoms with van der Waals surface area (Å²) in [5.74, 6) is -7.22. The molecule has 0 spiro atoms. The van der Waals surface area contributed by atoms with Crippen molar-refractivity contribution >= 4 is 22.8 Å². The van der Waals surface area contributed by atoms with Gasteiger partial charge in [-0.2, -0.15) is 18.3 Å². The van der Waals surface area contributed by atoms with Gasteiger partial charge in [-0.1, -0.05) is 0 Å². The molecule has 0 radical (unpaired) electrons. The lowest BCUT2D eigenvalue weighted by Gasteiger charge is -2.04. The first-order valence-electron chi connectivity index (χ1n) is 6.83. The fraction of sp³-hybridized carbons (Fsp3) is 0.0714. The summed E-state index contributed by atoms with van der Waals surface area (Å²) in [6.07, 6.45) is -3.80. The minimum atomic E-state index is -5.36. The van der Waals surface area contributed by atoms with E-state index in [1.165, 1.54) is 0 Å². The van der Waals surface area contributed by atoms with Gasteiger partial charge in [-0.3, -0.25) is 9.78 Å². The molecular weight excluding hydrogens is 383 g/mol. The molecule has 2 aromatic heterocycles. The van der Waals surface area contributed by atoms with E-state index in [1.54, 1.807) is 0 Å². The standard InChI is InChI=1S/C14H5F5N4O4/c15-7-1-6-9(2-8(7)16)21-13(22-10(6)24)23-4-5(3-20-23)11(25)27-12(26)14(17,18)19/h1-4H,(H,21,22,24). The quantitative estimate of drug-likeness (QED) is 0.406. The molecule has 0 fully saturated rings. The molecule has 27 heavy (non-hydrogen) atoms. The number of hydrogen-bond donors (Lipinski definition) is 1. The SMILES string of the molecule is O=C(OC(=O)C(F)(F)F)c1cnn(-c2nc3cc(F)c(F)cc3c(=O)[nH]2)c1. The van der Waals surface area contributed by atoms with Gasteiger partial charge in [0.25, 0.3) is 5.56 Å². The first-order chi connectivity index (χ1) is 12.6. The highest BCUT2D eigenvalue weighted by Crippen LogP contribution is 2.18. The van der Waals surface area contributed by atoms with Gasteiger partial charge in [0, 0.05) is 12.3 Å². The van der Waals surface area contributed by atoms with Gasteiger partial charge in [-0.25, -0.2) is 28.0 Å². The summed E-state index contributed by atoms with van der Waals surface area (Å²) in [7, 11) is 0. The third-order valence-corrected chi connectivity index (χ3v) is 3.19. The summed E-state index contributed by atoms with van der Waals surface area (Å²) in [5, 5.41) is 3.32. The number of fused-ring (bicyclic) bond motifs is 1. The van der Waals surface area contributed by atoms with Crippen LogP contribution in [0.25, 0.3) is 16.9 Å². The Balaban J connectivity index is 1.95. The zero-order valence-electron chi connectivity index (χ0n) is 12.7. The number of rotatable bonds is 2. The number of nitrogens with one attached hydrogen (secondary N) is 1. The molecule has 3 aromatic rings. The fourth-order valence-corrected chi connectivity index (χ4v) is 1.98. The van der Waals surface area contributed by atoms with Gasteiger partial charge in [0.1, 0.15) is 0 Å². The Morgan fingerprint density at radius 2 is 1.81 bits per heavy atom. The summed E-state index contributed by atoms with van der Waals surface area (Å²) < 4.78 is 67.2. The van der Waals surface area contributed by atoms with E-state index in [1.807, 2.05) is 0 Å². The van der Waals surface area contributed by atoms with Gasteiger partial charge in [-0.15, -0.1) is 0 Å². The summed E-state index contributed by atoms with van der Waals surface area (Å²) in [6.45, 7) is 0. The van der Waals surface area contributed by atoms with Crippen molar-refractivity contribution in [2.24, 2.45) is 0 Å². The molecule has 3 rings (SSSR count). The van der Waals surface area contributed by atoms with Crippen molar-refractivity contribution in [3.05, 3.63) is 52.1 Å². The van der Waals surface area contributed by atoms with Crippen LogP contribution >= 0.6 is 0 Å². The minimum absolute atomic E-state index is 0.237. The molecule has 140 valence electrons. The normalized spacial score (nSPS) is 11.6. The molecule has 0 saturated heterocycles. The van der Waals surface area contributed by atoms with Crippen molar-refractivity contribution in [3.8, 4) is 5.95 Å². The third-order valence-electron chi connectivity index (χ3n) is 3.19. The highest BCUT2D eigenvalue weighted by Gasteiger charge is 2.42. The lowest BCUT2D eigenvalue weighted by Crippen LogP contribution is -2.27. The molecule has 1 aromatic carbocycles. The van der Waals surface area contributed by atoms with Gasteiger partial charge in [0.15, 0.2) is 11.6 Å². The van der Waals surface area contributed by atoms with E-state index in [0.29, 0.717) is 12.1 Å². The molecule has 0 atom stereocenters. The number of H-pyrrole nitrogens is 1. The molecule has 0 saturated carbocycles. The Bertz CT molecular complexity index is 1130. The number of aromatic amines is 1. The third kappa shape index (κ3) is 3.51. The van der Waals surface area contributed by atoms with E-state index in [-0.39, 0.29) is 16.9 Å². The zero-order chi connectivity index (χ0) is 19.9. The van der Waals surface area contributed by atoms with Crippen LogP contribution in [0.2, 0.25) is 0 Å². The smallest absolute Gasteiger partial charge is 0.383 e. The second-order valence-electron chi connectivity index (χ2n) is 5.02. The molecule has 13 heteroatoms. The number of esters is 2. The topological polar surface area (TPSA) is 107 Å². The average Bonchev–Trinajstić information content (AvgIpc) is 3.06. The van der Waals surface area contributed by atoms with Crippen LogP contribution in [0.1, 0.15) is 10.4 Å². The number of alkyl halides is 3. The summed E-state index contributed by atoms with van der Waals surface area (Å²) in [6, 6.07) is 1.29. The van der Waals surface area contributed by atoms with Gasteiger partial charge in [0.05, 0.1) is 22.7 Å². The molecule has 0 aliphatic heterocycles. The molecule has 0 bridgehead atoms. The maximum atomic E-state index is 13.3. The summed E-state index contributed by atoms with van der Waals surface area (Å²) in [4.78, 5) is 40.1. The van der Waals surface area contributed by atoms with Crippen LogP contribution in [0.15, 0.2) is 29.3 Å². The highest BCUT2D eigenvalue weighted by molar-refractivity contribution is 5.97. The van der Waals surface area contributed by atoms with Crippen LogP contribution < -0.4 is 5.56 Å². The fourth-order valence-electron chi connectivity index (χ4n) is 1.98. The number of carbonyl (C=O) groups excluding carboxylic acids is 2. The number of halogens is 5. The van der Waals surface area contributed by atoms with E-state index in [2.05, 4.69) is 19.8 Å². The van der Waals surface area contributed by atoms with Crippen LogP contribution in [0, 0.1) is 11.6 Å². The minimum Gasteiger partial charge on any atom is -0.383 e. The molecule has 0 aliphatic carbocycles. The molecule has 0 aliphatic rings. The number of benzene rings is 1. The second kappa shape index (κ2) is 6.26. The second-order valence-corrected chi connectivity index (χ2v) is 5.02. The first-order valence-corrected chi connectivity index (χ1v) is 6.83. The number of carbonyl (C=O) groups is 2. The van der Waals surface area contributed by atoms with E-state index < -0.39 is 40.9 Å². The van der Waals surface area contributed by atoms with Gasteiger partial charge in [0.2, 0.25) is 5.95 Å². The van der Waals surface area contributed by atoms with Gasteiger partial charge < -0.3 is 4.74 Å². The van der Waals surface area contributed by atoms with Crippen molar-refractivity contribution in [3.63, 3.8) is 0 Å².